The number of hydrogen-bond acceptors (Lipinski definition) is 6. The van der Waals surface area contributed by atoms with Gasteiger partial charge in [0.05, 0.1) is 9.77 Å². The van der Waals surface area contributed by atoms with Crippen molar-refractivity contribution in [3.63, 3.8) is 0 Å². The third-order valence-corrected chi connectivity index (χ3v) is 8.05. The molecule has 0 aliphatic heterocycles. The minimum Gasteiger partial charge on any atom is -0.298 e. The van der Waals surface area contributed by atoms with Crippen molar-refractivity contribution in [2.75, 3.05) is 14.1 Å². The Labute approximate surface area is 167 Å². The Morgan fingerprint density at radius 1 is 1.22 bits per heavy atom. The van der Waals surface area contributed by atoms with Gasteiger partial charge in [0.15, 0.2) is 11.0 Å². The number of nitrogens with zero attached hydrogens (tertiary/aromatic N) is 4. The summed E-state index contributed by atoms with van der Waals surface area (Å²) in [4.78, 5) is 1.44. The maximum Gasteiger partial charge on any atom is 0.242 e. The van der Waals surface area contributed by atoms with Crippen molar-refractivity contribution in [2.45, 2.75) is 34.7 Å². The molecule has 0 bridgehead atoms. The Bertz CT molecular complexity index is 1040. The topological polar surface area (TPSA) is 68.1 Å². The van der Waals surface area contributed by atoms with Gasteiger partial charge in [-0.3, -0.25) is 4.57 Å². The summed E-state index contributed by atoms with van der Waals surface area (Å²) in [7, 11) is -0.342. The van der Waals surface area contributed by atoms with E-state index in [-0.39, 0.29) is 0 Å². The van der Waals surface area contributed by atoms with Gasteiger partial charge < -0.3 is 0 Å². The highest BCUT2D eigenvalue weighted by Crippen LogP contribution is 2.42. The fourth-order valence-electron chi connectivity index (χ4n) is 2.77. The molecule has 1 aromatic carbocycles. The second-order valence-electron chi connectivity index (χ2n) is 6.61. The first kappa shape index (κ1) is 18.7. The summed E-state index contributed by atoms with van der Waals surface area (Å²) in [6, 6.07) is 11.7. The van der Waals surface area contributed by atoms with Gasteiger partial charge in [-0.1, -0.05) is 30.0 Å². The van der Waals surface area contributed by atoms with E-state index in [4.69, 9.17) is 0 Å². The van der Waals surface area contributed by atoms with E-state index in [0.717, 1.165) is 34.3 Å². The molecule has 1 aliphatic carbocycles. The molecule has 1 fully saturated rings. The maximum absolute atomic E-state index is 12.3. The van der Waals surface area contributed by atoms with Gasteiger partial charge in [-0.25, -0.2) is 12.7 Å². The number of aromatic nitrogens is 3. The zero-order valence-electron chi connectivity index (χ0n) is 15.1. The van der Waals surface area contributed by atoms with E-state index >= 15 is 0 Å². The lowest BCUT2D eigenvalue weighted by molar-refractivity contribution is 0.520. The van der Waals surface area contributed by atoms with Crippen molar-refractivity contribution in [3.05, 3.63) is 47.3 Å². The van der Waals surface area contributed by atoms with E-state index in [0.29, 0.717) is 16.7 Å². The molecule has 9 heteroatoms. The third kappa shape index (κ3) is 3.82. The molecule has 3 aromatic rings. The monoisotopic (exact) mass is 420 g/mol. The Kier molecular flexibility index (Phi) is 5.11. The molecule has 0 N–H and O–H groups in total. The van der Waals surface area contributed by atoms with Gasteiger partial charge in [-0.05, 0) is 42.0 Å². The quantitative estimate of drug-likeness (QED) is 0.543. The zero-order valence-corrected chi connectivity index (χ0v) is 17.5. The predicted octanol–water partition coefficient (Wildman–Crippen LogP) is 3.88. The van der Waals surface area contributed by atoms with Crippen molar-refractivity contribution >= 4 is 33.1 Å². The van der Waals surface area contributed by atoms with Crippen LogP contribution in [0.2, 0.25) is 0 Å². The Morgan fingerprint density at radius 2 is 2.04 bits per heavy atom. The summed E-state index contributed by atoms with van der Waals surface area (Å²) >= 11 is 3.27. The molecular weight excluding hydrogens is 400 g/mol. The molecule has 4 rings (SSSR count). The number of thiophene rings is 1. The van der Waals surface area contributed by atoms with Crippen molar-refractivity contribution in [1.82, 2.24) is 19.1 Å². The van der Waals surface area contributed by atoms with Gasteiger partial charge in [0.25, 0.3) is 0 Å². The van der Waals surface area contributed by atoms with Gasteiger partial charge in [-0.15, -0.1) is 21.5 Å². The largest absolute Gasteiger partial charge is 0.298 e. The van der Waals surface area contributed by atoms with E-state index in [1.54, 1.807) is 55.4 Å². The standard InChI is InChI=1S/C18H20N4O2S3/c1-21(2)27(23,24)15-6-3-5-13(11-15)12-26-18-20-19-17(16-7-4-10-25-16)22(18)14-8-9-14/h3-7,10-11,14H,8-9,12H2,1-2H3. The molecule has 1 aliphatic rings. The van der Waals surface area contributed by atoms with E-state index in [9.17, 15) is 8.42 Å². The van der Waals surface area contributed by atoms with E-state index in [2.05, 4.69) is 20.8 Å². The van der Waals surface area contributed by atoms with Crippen LogP contribution >= 0.6 is 23.1 Å². The van der Waals surface area contributed by atoms with Crippen molar-refractivity contribution in [3.8, 4) is 10.7 Å². The molecule has 0 spiro atoms. The van der Waals surface area contributed by atoms with Crippen LogP contribution in [0, 0.1) is 0 Å². The molecule has 0 saturated heterocycles. The first-order valence-electron chi connectivity index (χ1n) is 8.60. The normalized spacial score (nSPS) is 14.8. The van der Waals surface area contributed by atoms with Gasteiger partial charge in [0.2, 0.25) is 10.0 Å². The van der Waals surface area contributed by atoms with Crippen LogP contribution in [0.4, 0.5) is 0 Å². The summed E-state index contributed by atoms with van der Waals surface area (Å²) in [6.45, 7) is 0. The van der Waals surface area contributed by atoms with Gasteiger partial charge in [0.1, 0.15) is 0 Å². The second kappa shape index (κ2) is 7.38. The summed E-state index contributed by atoms with van der Waals surface area (Å²) < 4.78 is 28.1. The van der Waals surface area contributed by atoms with Crippen LogP contribution < -0.4 is 0 Å². The highest BCUT2D eigenvalue weighted by molar-refractivity contribution is 7.98. The molecule has 142 valence electrons. The van der Waals surface area contributed by atoms with E-state index < -0.39 is 10.0 Å². The van der Waals surface area contributed by atoms with Gasteiger partial charge in [-0.2, -0.15) is 0 Å². The lowest BCUT2D eigenvalue weighted by Crippen LogP contribution is -2.22. The van der Waals surface area contributed by atoms with Gasteiger partial charge >= 0.3 is 0 Å². The van der Waals surface area contributed by atoms with Gasteiger partial charge in [0, 0.05) is 25.9 Å². The van der Waals surface area contributed by atoms with Crippen LogP contribution in [0.25, 0.3) is 10.7 Å². The molecule has 0 unspecified atom stereocenters. The SMILES string of the molecule is CN(C)S(=O)(=O)c1cccc(CSc2nnc(-c3cccs3)n2C2CC2)c1. The van der Waals surface area contributed by atoms with Crippen LogP contribution in [0.5, 0.6) is 0 Å². The molecule has 1 saturated carbocycles. The fraction of sp³-hybridized carbons (Fsp3) is 0.333. The zero-order chi connectivity index (χ0) is 19.0. The Morgan fingerprint density at radius 3 is 2.70 bits per heavy atom. The van der Waals surface area contributed by atoms with Crippen LogP contribution in [-0.2, 0) is 15.8 Å². The first-order valence-corrected chi connectivity index (χ1v) is 11.9. The maximum atomic E-state index is 12.3. The molecular formula is C18H20N4O2S3. The number of thioether (sulfide) groups is 1. The summed E-state index contributed by atoms with van der Waals surface area (Å²) in [6.07, 6.45) is 2.31. The summed E-state index contributed by atoms with van der Waals surface area (Å²) in [5.74, 6) is 1.57. The highest BCUT2D eigenvalue weighted by atomic mass is 32.2. The number of hydrogen-bond donors (Lipinski definition) is 0. The number of sulfonamides is 1. The van der Waals surface area contributed by atoms with E-state index in [1.165, 1.54) is 4.31 Å². The molecule has 2 aromatic heterocycles. The first-order chi connectivity index (χ1) is 13.0. The molecule has 2 heterocycles. The van der Waals surface area contributed by atoms with Crippen molar-refractivity contribution in [1.29, 1.82) is 0 Å². The van der Waals surface area contributed by atoms with Crippen LogP contribution in [0.1, 0.15) is 24.4 Å². The highest BCUT2D eigenvalue weighted by Gasteiger charge is 2.30. The Balaban J connectivity index is 1.57. The fourth-order valence-corrected chi connectivity index (χ4v) is 5.39. The molecule has 0 atom stereocenters. The van der Waals surface area contributed by atoms with Crippen molar-refractivity contribution < 1.29 is 8.42 Å². The average molecular weight is 421 g/mol. The van der Waals surface area contributed by atoms with Crippen LogP contribution in [0.15, 0.2) is 51.8 Å². The minimum atomic E-state index is -3.43. The van der Waals surface area contributed by atoms with Crippen LogP contribution in [0.3, 0.4) is 0 Å². The minimum absolute atomic E-state index is 0.313. The molecule has 27 heavy (non-hydrogen) atoms. The molecule has 0 amide bonds. The average Bonchev–Trinajstić information content (AvgIpc) is 3.18. The predicted molar refractivity (Wildman–Crippen MR) is 108 cm³/mol. The van der Waals surface area contributed by atoms with Crippen LogP contribution in [-0.4, -0.2) is 41.6 Å². The number of benzene rings is 1. The third-order valence-electron chi connectivity index (χ3n) is 4.36. The molecule has 0 radical (unpaired) electrons. The lowest BCUT2D eigenvalue weighted by Gasteiger charge is -2.12. The van der Waals surface area contributed by atoms with E-state index in [1.807, 2.05) is 17.5 Å². The second-order valence-corrected chi connectivity index (χ2v) is 10.7. The number of rotatable bonds is 7. The van der Waals surface area contributed by atoms with Crippen molar-refractivity contribution in [2.24, 2.45) is 0 Å². The Hall–Kier alpha value is -1.68. The smallest absolute Gasteiger partial charge is 0.242 e. The summed E-state index contributed by atoms with van der Waals surface area (Å²) in [5, 5.41) is 11.8. The lowest BCUT2D eigenvalue weighted by atomic mass is 10.2. The molecule has 6 nitrogen and oxygen atoms in total. The summed E-state index contributed by atoms with van der Waals surface area (Å²) in [5.41, 5.74) is 0.950.